The first-order chi connectivity index (χ1) is 8.79. The number of fused-ring (bicyclic) bond motifs is 3. The number of hydrogen-bond donors (Lipinski definition) is 3. The highest BCUT2D eigenvalue weighted by atomic mass is 16.3. The number of aromatic nitrogens is 1. The van der Waals surface area contributed by atoms with E-state index in [1.807, 2.05) is 6.08 Å². The SMILES string of the molecule is CCNc1cccc2c3c([nH]c12)C=C(O)C=CC3. The van der Waals surface area contributed by atoms with Crippen LogP contribution in [0, 0.1) is 0 Å². The third-order valence-electron chi connectivity index (χ3n) is 3.24. The molecule has 3 heteroatoms. The van der Waals surface area contributed by atoms with E-state index in [0.29, 0.717) is 5.76 Å². The van der Waals surface area contributed by atoms with Gasteiger partial charge in [-0.15, -0.1) is 0 Å². The molecule has 3 rings (SSSR count). The number of anilines is 1. The zero-order chi connectivity index (χ0) is 12.5. The van der Waals surface area contributed by atoms with Crippen molar-refractivity contribution in [1.29, 1.82) is 0 Å². The number of nitrogens with one attached hydrogen (secondary N) is 2. The predicted molar refractivity (Wildman–Crippen MR) is 75.9 cm³/mol. The van der Waals surface area contributed by atoms with Gasteiger partial charge in [-0.1, -0.05) is 18.2 Å². The Kier molecular flexibility index (Phi) is 2.59. The van der Waals surface area contributed by atoms with Crippen LogP contribution in [-0.2, 0) is 6.42 Å². The maximum atomic E-state index is 9.67. The van der Waals surface area contributed by atoms with Crippen LogP contribution in [-0.4, -0.2) is 16.6 Å². The van der Waals surface area contributed by atoms with Gasteiger partial charge in [0.05, 0.1) is 11.2 Å². The molecule has 1 heterocycles. The molecule has 0 aliphatic heterocycles. The molecule has 3 N–H and O–H groups in total. The molecule has 0 unspecified atom stereocenters. The zero-order valence-electron chi connectivity index (χ0n) is 10.3. The second-order valence-electron chi connectivity index (χ2n) is 4.45. The minimum Gasteiger partial charge on any atom is -0.508 e. The minimum atomic E-state index is 0.297. The van der Waals surface area contributed by atoms with Gasteiger partial charge in [-0.3, -0.25) is 0 Å². The summed E-state index contributed by atoms with van der Waals surface area (Å²) in [7, 11) is 0. The van der Waals surface area contributed by atoms with Crippen LogP contribution in [0.1, 0.15) is 18.2 Å². The quantitative estimate of drug-likeness (QED) is 0.751. The zero-order valence-corrected chi connectivity index (χ0v) is 10.3. The first-order valence-electron chi connectivity index (χ1n) is 6.24. The van der Waals surface area contributed by atoms with Gasteiger partial charge in [-0.05, 0) is 31.1 Å². The summed E-state index contributed by atoms with van der Waals surface area (Å²) in [6.07, 6.45) is 6.36. The Morgan fingerprint density at radius 2 is 2.28 bits per heavy atom. The van der Waals surface area contributed by atoms with Gasteiger partial charge in [0.25, 0.3) is 0 Å². The minimum absolute atomic E-state index is 0.297. The van der Waals surface area contributed by atoms with Crippen LogP contribution in [0.15, 0.2) is 36.1 Å². The van der Waals surface area contributed by atoms with Crippen molar-refractivity contribution in [3.05, 3.63) is 47.4 Å². The summed E-state index contributed by atoms with van der Waals surface area (Å²) in [4.78, 5) is 3.40. The van der Waals surface area contributed by atoms with Crippen LogP contribution in [0.25, 0.3) is 17.0 Å². The van der Waals surface area contributed by atoms with Crippen molar-refractivity contribution in [3.63, 3.8) is 0 Å². The van der Waals surface area contributed by atoms with E-state index in [9.17, 15) is 5.11 Å². The first kappa shape index (κ1) is 11.0. The van der Waals surface area contributed by atoms with Crippen molar-refractivity contribution in [1.82, 2.24) is 4.98 Å². The lowest BCUT2D eigenvalue weighted by molar-refractivity contribution is 0.437. The molecule has 0 amide bonds. The summed E-state index contributed by atoms with van der Waals surface area (Å²) < 4.78 is 0. The molecule has 1 aliphatic carbocycles. The summed E-state index contributed by atoms with van der Waals surface area (Å²) in [5, 5.41) is 14.2. The van der Waals surface area contributed by atoms with Gasteiger partial charge < -0.3 is 15.4 Å². The third-order valence-corrected chi connectivity index (χ3v) is 3.24. The lowest BCUT2D eigenvalue weighted by Crippen LogP contribution is -1.96. The van der Waals surface area contributed by atoms with Gasteiger partial charge in [0.1, 0.15) is 5.76 Å². The van der Waals surface area contributed by atoms with Crippen molar-refractivity contribution in [2.45, 2.75) is 13.3 Å². The molecule has 2 aromatic rings. The molecule has 0 saturated carbocycles. The Morgan fingerprint density at radius 3 is 3.11 bits per heavy atom. The van der Waals surface area contributed by atoms with Crippen LogP contribution in [0.4, 0.5) is 5.69 Å². The van der Waals surface area contributed by atoms with Gasteiger partial charge in [0.2, 0.25) is 0 Å². The van der Waals surface area contributed by atoms with Crippen LogP contribution < -0.4 is 5.32 Å². The van der Waals surface area contributed by atoms with E-state index in [4.69, 9.17) is 0 Å². The van der Waals surface area contributed by atoms with Crippen LogP contribution in [0.2, 0.25) is 0 Å². The molecule has 0 spiro atoms. The van der Waals surface area contributed by atoms with Crippen molar-refractivity contribution in [3.8, 4) is 0 Å². The smallest absolute Gasteiger partial charge is 0.117 e. The molecular formula is C15H16N2O. The summed E-state index contributed by atoms with van der Waals surface area (Å²) in [6, 6.07) is 6.25. The van der Waals surface area contributed by atoms with Gasteiger partial charge in [0, 0.05) is 23.7 Å². The molecule has 0 bridgehead atoms. The number of benzene rings is 1. The van der Waals surface area contributed by atoms with E-state index in [0.717, 1.165) is 29.9 Å². The second kappa shape index (κ2) is 4.26. The first-order valence-corrected chi connectivity index (χ1v) is 6.24. The van der Waals surface area contributed by atoms with Crippen molar-refractivity contribution in [2.24, 2.45) is 0 Å². The van der Waals surface area contributed by atoms with Gasteiger partial charge in [0.15, 0.2) is 0 Å². The molecule has 3 nitrogen and oxygen atoms in total. The number of allylic oxidation sites excluding steroid dienone is 2. The Balaban J connectivity index is 2.24. The lowest BCUT2D eigenvalue weighted by Gasteiger charge is -2.04. The molecule has 0 radical (unpaired) electrons. The Morgan fingerprint density at radius 1 is 1.39 bits per heavy atom. The topological polar surface area (TPSA) is 48.0 Å². The highest BCUT2D eigenvalue weighted by Crippen LogP contribution is 2.31. The molecule has 1 aliphatic rings. The van der Waals surface area contributed by atoms with Crippen molar-refractivity contribution < 1.29 is 5.11 Å². The van der Waals surface area contributed by atoms with E-state index < -0.39 is 0 Å². The second-order valence-corrected chi connectivity index (χ2v) is 4.45. The fourth-order valence-corrected chi connectivity index (χ4v) is 2.47. The van der Waals surface area contributed by atoms with Gasteiger partial charge in [-0.2, -0.15) is 0 Å². The van der Waals surface area contributed by atoms with E-state index in [1.165, 1.54) is 10.9 Å². The number of aliphatic hydroxyl groups is 1. The van der Waals surface area contributed by atoms with Crippen LogP contribution >= 0.6 is 0 Å². The highest BCUT2D eigenvalue weighted by molar-refractivity contribution is 5.96. The van der Waals surface area contributed by atoms with Crippen LogP contribution in [0.3, 0.4) is 0 Å². The number of H-pyrrole nitrogens is 1. The maximum Gasteiger partial charge on any atom is 0.117 e. The molecule has 0 atom stereocenters. The Labute approximate surface area is 106 Å². The van der Waals surface area contributed by atoms with E-state index in [1.54, 1.807) is 12.2 Å². The molecule has 92 valence electrons. The normalized spacial score (nSPS) is 14.2. The Hall–Kier alpha value is -2.16. The summed E-state index contributed by atoms with van der Waals surface area (Å²) in [6.45, 7) is 2.98. The highest BCUT2D eigenvalue weighted by Gasteiger charge is 2.13. The fourth-order valence-electron chi connectivity index (χ4n) is 2.47. The summed E-state index contributed by atoms with van der Waals surface area (Å²) in [5.74, 6) is 0.297. The standard InChI is InChI=1S/C15H16N2O/c1-2-16-13-8-4-7-12-11-6-3-5-10(18)9-14(11)17-15(12)13/h3-5,7-9,16-18H,2,6H2,1H3. The molecular weight excluding hydrogens is 224 g/mol. The van der Waals surface area contributed by atoms with Crippen LogP contribution in [0.5, 0.6) is 0 Å². The molecule has 1 aromatic carbocycles. The monoisotopic (exact) mass is 240 g/mol. The average Bonchev–Trinajstić information content (AvgIpc) is 2.59. The number of aromatic amines is 1. The fraction of sp³-hybridized carbons (Fsp3) is 0.200. The van der Waals surface area contributed by atoms with Crippen molar-refractivity contribution in [2.75, 3.05) is 11.9 Å². The third kappa shape index (κ3) is 1.68. The van der Waals surface area contributed by atoms with E-state index in [-0.39, 0.29) is 0 Å². The lowest BCUT2D eigenvalue weighted by atomic mass is 10.1. The van der Waals surface area contributed by atoms with Gasteiger partial charge in [-0.25, -0.2) is 0 Å². The van der Waals surface area contributed by atoms with E-state index in [2.05, 4.69) is 35.4 Å². The molecule has 18 heavy (non-hydrogen) atoms. The number of rotatable bonds is 2. The van der Waals surface area contributed by atoms with Crippen molar-refractivity contribution >= 4 is 22.7 Å². The number of aliphatic hydroxyl groups excluding tert-OH is 1. The summed E-state index contributed by atoms with van der Waals surface area (Å²) in [5.41, 5.74) is 4.46. The summed E-state index contributed by atoms with van der Waals surface area (Å²) >= 11 is 0. The molecule has 0 fully saturated rings. The van der Waals surface area contributed by atoms with E-state index >= 15 is 0 Å². The number of hydrogen-bond acceptors (Lipinski definition) is 2. The van der Waals surface area contributed by atoms with Gasteiger partial charge >= 0.3 is 0 Å². The Bertz CT molecular complexity index is 650. The molecule has 1 aromatic heterocycles. The largest absolute Gasteiger partial charge is 0.508 e. The predicted octanol–water partition coefficient (Wildman–Crippen LogP) is 3.61. The number of para-hydroxylation sites is 1. The maximum absolute atomic E-state index is 9.67. The molecule has 0 saturated heterocycles. The average molecular weight is 240 g/mol.